The van der Waals surface area contributed by atoms with E-state index < -0.39 is 17.7 Å². The van der Waals surface area contributed by atoms with E-state index >= 15 is 0 Å². The third-order valence-corrected chi connectivity index (χ3v) is 4.70. The summed E-state index contributed by atoms with van der Waals surface area (Å²) in [7, 11) is 0. The molecule has 0 saturated carbocycles. The maximum atomic E-state index is 12.8. The van der Waals surface area contributed by atoms with Crippen molar-refractivity contribution in [2.75, 3.05) is 10.2 Å². The monoisotopic (exact) mass is 364 g/mol. The van der Waals surface area contributed by atoms with Gasteiger partial charge in [0.05, 0.1) is 11.3 Å². The van der Waals surface area contributed by atoms with Crippen LogP contribution in [0, 0.1) is 6.92 Å². The summed E-state index contributed by atoms with van der Waals surface area (Å²) in [6, 6.07) is 10.9. The van der Waals surface area contributed by atoms with E-state index in [4.69, 9.17) is 0 Å². The number of hydrogen-bond acceptors (Lipinski definition) is 4. The lowest BCUT2D eigenvalue weighted by Gasteiger charge is -2.27. The van der Waals surface area contributed by atoms with E-state index in [2.05, 4.69) is 5.32 Å². The van der Waals surface area contributed by atoms with Crippen LogP contribution in [0.1, 0.15) is 46.5 Å². The molecule has 1 unspecified atom stereocenters. The summed E-state index contributed by atoms with van der Waals surface area (Å²) in [6.07, 6.45) is 0.351. The first-order valence-corrected chi connectivity index (χ1v) is 8.74. The molecule has 6 nitrogen and oxygen atoms in total. The number of amides is 2. The number of fused-ring (bicyclic) bond motifs is 1. The molecule has 0 spiro atoms. The second kappa shape index (κ2) is 7.15. The minimum absolute atomic E-state index is 0.0624. The molecule has 138 valence electrons. The quantitative estimate of drug-likeness (QED) is 0.652. The Bertz CT molecular complexity index is 947. The van der Waals surface area contributed by atoms with E-state index in [1.807, 2.05) is 13.0 Å². The molecule has 27 heavy (non-hydrogen) atoms. The zero-order valence-corrected chi connectivity index (χ0v) is 15.4. The normalized spacial score (nSPS) is 14.1. The van der Waals surface area contributed by atoms with Crippen molar-refractivity contribution in [2.24, 2.45) is 0 Å². The lowest BCUT2D eigenvalue weighted by molar-refractivity contribution is -0.121. The molecule has 0 aromatic heterocycles. The maximum absolute atomic E-state index is 12.8. The summed E-state index contributed by atoms with van der Waals surface area (Å²) < 4.78 is 0. The van der Waals surface area contributed by atoms with Gasteiger partial charge in [-0.3, -0.25) is 24.1 Å². The van der Waals surface area contributed by atoms with E-state index in [9.17, 15) is 19.2 Å². The third kappa shape index (κ3) is 3.26. The zero-order chi connectivity index (χ0) is 19.7. The molecule has 1 aliphatic rings. The Balaban J connectivity index is 1.89. The number of ketones is 2. The first-order valence-electron chi connectivity index (χ1n) is 8.74. The standard InChI is InChI=1S/C21H20N2O4/c1-4-17(20(26)22-15-10-8-14(9-11-15)13(3)24)23-18-12(2)6-5-7-16(18)19(25)21(23)27/h5-11,17H,4H2,1-3H3,(H,22,26). The van der Waals surface area contributed by atoms with Crippen molar-refractivity contribution in [3.63, 3.8) is 0 Å². The lowest BCUT2D eigenvalue weighted by Crippen LogP contribution is -2.46. The summed E-state index contributed by atoms with van der Waals surface area (Å²) in [5, 5.41) is 2.77. The van der Waals surface area contributed by atoms with Crippen LogP contribution in [0.15, 0.2) is 42.5 Å². The molecule has 6 heteroatoms. The SMILES string of the molecule is CCC(C(=O)Nc1ccc(C(C)=O)cc1)N1C(=O)C(=O)c2cccc(C)c21. The van der Waals surface area contributed by atoms with Gasteiger partial charge in [0.25, 0.3) is 11.7 Å². The number of carbonyl (C=O) groups excluding carboxylic acids is 4. The fraction of sp³-hybridized carbons (Fsp3) is 0.238. The van der Waals surface area contributed by atoms with Crippen molar-refractivity contribution in [1.82, 2.24) is 0 Å². The average molecular weight is 364 g/mol. The summed E-state index contributed by atoms with van der Waals surface area (Å²) >= 11 is 0. The molecule has 2 amide bonds. The van der Waals surface area contributed by atoms with Gasteiger partial charge in [-0.15, -0.1) is 0 Å². The van der Waals surface area contributed by atoms with Gasteiger partial charge >= 0.3 is 0 Å². The van der Waals surface area contributed by atoms with Crippen LogP contribution in [0.5, 0.6) is 0 Å². The van der Waals surface area contributed by atoms with Crippen LogP contribution < -0.4 is 10.2 Å². The van der Waals surface area contributed by atoms with Crippen molar-refractivity contribution in [3.05, 3.63) is 59.2 Å². The van der Waals surface area contributed by atoms with Crippen LogP contribution in [0.3, 0.4) is 0 Å². The second-order valence-electron chi connectivity index (χ2n) is 6.52. The van der Waals surface area contributed by atoms with Gasteiger partial charge in [0.15, 0.2) is 5.78 Å². The fourth-order valence-corrected chi connectivity index (χ4v) is 3.28. The Kier molecular flexibility index (Phi) is 4.90. The number of benzene rings is 2. The van der Waals surface area contributed by atoms with Gasteiger partial charge in [0, 0.05) is 11.3 Å². The van der Waals surface area contributed by atoms with Crippen molar-refractivity contribution in [1.29, 1.82) is 0 Å². The smallest absolute Gasteiger partial charge is 0.300 e. The average Bonchev–Trinajstić information content (AvgIpc) is 2.89. The van der Waals surface area contributed by atoms with Gasteiger partial charge in [-0.25, -0.2) is 0 Å². The van der Waals surface area contributed by atoms with Gasteiger partial charge in [-0.2, -0.15) is 0 Å². The van der Waals surface area contributed by atoms with E-state index in [0.29, 0.717) is 28.9 Å². The van der Waals surface area contributed by atoms with E-state index in [-0.39, 0.29) is 11.7 Å². The Hall–Kier alpha value is -3.28. The molecule has 1 heterocycles. The predicted octanol–water partition coefficient (Wildman–Crippen LogP) is 3.14. The van der Waals surface area contributed by atoms with Crippen LogP contribution in [-0.4, -0.2) is 29.4 Å². The highest BCUT2D eigenvalue weighted by Gasteiger charge is 2.42. The third-order valence-electron chi connectivity index (χ3n) is 4.70. The van der Waals surface area contributed by atoms with E-state index in [1.165, 1.54) is 11.8 Å². The number of carbonyl (C=O) groups is 4. The number of Topliss-reactive ketones (excluding diaryl/α,β-unsaturated/α-hetero) is 2. The predicted molar refractivity (Wildman–Crippen MR) is 102 cm³/mol. The number of para-hydroxylation sites is 1. The molecule has 2 aromatic rings. The van der Waals surface area contributed by atoms with Crippen LogP contribution in [0.25, 0.3) is 0 Å². The number of hydrogen-bond donors (Lipinski definition) is 1. The Morgan fingerprint density at radius 3 is 2.33 bits per heavy atom. The molecule has 1 aliphatic heterocycles. The Labute approximate surface area is 157 Å². The summed E-state index contributed by atoms with van der Waals surface area (Å²) in [5.41, 5.74) is 2.67. The summed E-state index contributed by atoms with van der Waals surface area (Å²) in [4.78, 5) is 50.4. The fourth-order valence-electron chi connectivity index (χ4n) is 3.28. The summed E-state index contributed by atoms with van der Waals surface area (Å²) in [6.45, 7) is 5.07. The van der Waals surface area contributed by atoms with Crippen molar-refractivity contribution >= 4 is 34.8 Å². The van der Waals surface area contributed by atoms with Crippen LogP contribution >= 0.6 is 0 Å². The van der Waals surface area contributed by atoms with Crippen molar-refractivity contribution in [2.45, 2.75) is 33.2 Å². The molecule has 3 rings (SSSR count). The molecule has 1 atom stereocenters. The molecule has 0 saturated heterocycles. The lowest BCUT2D eigenvalue weighted by atomic mass is 10.1. The molecule has 0 radical (unpaired) electrons. The Morgan fingerprint density at radius 2 is 1.74 bits per heavy atom. The van der Waals surface area contributed by atoms with Gasteiger partial charge in [-0.05, 0) is 56.2 Å². The topological polar surface area (TPSA) is 83.6 Å². The van der Waals surface area contributed by atoms with Crippen molar-refractivity contribution < 1.29 is 19.2 Å². The highest BCUT2D eigenvalue weighted by Crippen LogP contribution is 2.34. The van der Waals surface area contributed by atoms with E-state index in [0.717, 1.165) is 5.56 Å². The number of rotatable bonds is 5. The highest BCUT2D eigenvalue weighted by atomic mass is 16.2. The largest absolute Gasteiger partial charge is 0.324 e. The number of nitrogens with zero attached hydrogens (tertiary/aromatic N) is 1. The second-order valence-corrected chi connectivity index (χ2v) is 6.52. The first-order chi connectivity index (χ1) is 12.8. The highest BCUT2D eigenvalue weighted by molar-refractivity contribution is 6.53. The summed E-state index contributed by atoms with van der Waals surface area (Å²) in [5.74, 6) is -1.73. The molecular formula is C21H20N2O4. The Morgan fingerprint density at radius 1 is 1.07 bits per heavy atom. The van der Waals surface area contributed by atoms with Gasteiger partial charge < -0.3 is 5.32 Å². The van der Waals surface area contributed by atoms with Gasteiger partial charge in [-0.1, -0.05) is 19.1 Å². The minimum atomic E-state index is -0.809. The molecule has 1 N–H and O–H groups in total. The number of nitrogens with one attached hydrogen (secondary N) is 1. The molecule has 0 aliphatic carbocycles. The maximum Gasteiger partial charge on any atom is 0.300 e. The van der Waals surface area contributed by atoms with Gasteiger partial charge in [0.1, 0.15) is 6.04 Å². The van der Waals surface area contributed by atoms with E-state index in [1.54, 1.807) is 43.3 Å². The van der Waals surface area contributed by atoms with Crippen LogP contribution in [-0.2, 0) is 9.59 Å². The molecule has 2 aromatic carbocycles. The van der Waals surface area contributed by atoms with Crippen LogP contribution in [0.2, 0.25) is 0 Å². The van der Waals surface area contributed by atoms with Crippen molar-refractivity contribution in [3.8, 4) is 0 Å². The zero-order valence-electron chi connectivity index (χ0n) is 15.4. The molecular weight excluding hydrogens is 344 g/mol. The first kappa shape index (κ1) is 18.5. The number of anilines is 2. The minimum Gasteiger partial charge on any atom is -0.324 e. The number of aryl methyl sites for hydroxylation is 1. The van der Waals surface area contributed by atoms with Gasteiger partial charge in [0.2, 0.25) is 5.91 Å². The van der Waals surface area contributed by atoms with Crippen LogP contribution in [0.4, 0.5) is 11.4 Å². The molecule has 0 bridgehead atoms. The molecule has 0 fully saturated rings.